The van der Waals surface area contributed by atoms with Gasteiger partial charge in [0, 0.05) is 36.1 Å². The van der Waals surface area contributed by atoms with Crippen LogP contribution in [-0.4, -0.2) is 42.4 Å². The first kappa shape index (κ1) is 30.8. The van der Waals surface area contributed by atoms with Gasteiger partial charge in [-0.15, -0.1) is 0 Å². The molecule has 0 saturated heterocycles. The van der Waals surface area contributed by atoms with Crippen molar-refractivity contribution in [2.75, 3.05) is 25.2 Å². The maximum atomic E-state index is 14.4. The number of nitrogens with zero attached hydrogens (tertiary/aromatic N) is 3. The molecule has 7 heteroatoms. The smallest absolute Gasteiger partial charge is 0.232 e. The lowest BCUT2D eigenvalue weighted by atomic mass is 9.53. The third kappa shape index (κ3) is 6.17. The van der Waals surface area contributed by atoms with Crippen LogP contribution in [0.4, 0.5) is 5.69 Å². The molecule has 0 aliphatic heterocycles. The minimum absolute atomic E-state index is 0.0286. The minimum atomic E-state index is -0.130. The fraction of sp³-hybridized carbons (Fsp3) is 0.595. The van der Waals surface area contributed by atoms with Crippen molar-refractivity contribution in [2.45, 2.75) is 109 Å². The van der Waals surface area contributed by atoms with E-state index >= 15 is 0 Å². The molecule has 4 aliphatic rings. The molecule has 4 aliphatic carbocycles. The standard InChI is InChI=1S/C37H49N3O4/c1-6-43-31-16-10-26(11-17-31)28-8-7-9-29(24-28)40(32(41)27-12-14-30(42-5)15-13-27)25-36-18-21-37(22-19-36,23-20-36)34-38-33(39-44-34)35(2,3)4/h7-11,16-17,24,27,30H,6,12-15,18-23,25H2,1-5H3. The van der Waals surface area contributed by atoms with Gasteiger partial charge in [0.1, 0.15) is 5.75 Å². The molecule has 1 aromatic heterocycles. The maximum Gasteiger partial charge on any atom is 0.232 e. The molecule has 7 nitrogen and oxygen atoms in total. The Kier molecular flexibility index (Phi) is 8.62. The van der Waals surface area contributed by atoms with Crippen molar-refractivity contribution in [3.05, 3.63) is 60.2 Å². The van der Waals surface area contributed by atoms with Gasteiger partial charge in [0.2, 0.25) is 11.8 Å². The van der Waals surface area contributed by atoms with Crippen LogP contribution in [0.1, 0.15) is 104 Å². The second-order valence-electron chi connectivity index (χ2n) is 14.6. The topological polar surface area (TPSA) is 77.7 Å². The van der Waals surface area contributed by atoms with Gasteiger partial charge in [-0.3, -0.25) is 4.79 Å². The first-order valence-corrected chi connectivity index (χ1v) is 16.7. The fourth-order valence-corrected chi connectivity index (χ4v) is 7.73. The summed E-state index contributed by atoms with van der Waals surface area (Å²) in [6, 6.07) is 16.8. The number of amides is 1. The molecule has 236 valence electrons. The highest BCUT2D eigenvalue weighted by Gasteiger charge is 2.53. The van der Waals surface area contributed by atoms with Crippen LogP contribution in [0.25, 0.3) is 11.1 Å². The van der Waals surface area contributed by atoms with Crippen LogP contribution < -0.4 is 9.64 Å². The Labute approximate surface area is 262 Å². The van der Waals surface area contributed by atoms with E-state index < -0.39 is 0 Å². The van der Waals surface area contributed by atoms with Crippen LogP contribution in [0, 0.1) is 11.3 Å². The summed E-state index contributed by atoms with van der Waals surface area (Å²) in [5.74, 6) is 2.79. The number of aromatic nitrogens is 2. The number of carbonyl (C=O) groups excluding carboxylic acids is 1. The maximum absolute atomic E-state index is 14.4. The van der Waals surface area contributed by atoms with Gasteiger partial charge in [0.15, 0.2) is 5.82 Å². The van der Waals surface area contributed by atoms with E-state index in [2.05, 4.69) is 67.2 Å². The van der Waals surface area contributed by atoms with Crippen molar-refractivity contribution in [3.63, 3.8) is 0 Å². The molecule has 4 fully saturated rings. The van der Waals surface area contributed by atoms with Crippen molar-refractivity contribution in [1.29, 1.82) is 0 Å². The van der Waals surface area contributed by atoms with Gasteiger partial charge in [0.25, 0.3) is 0 Å². The minimum Gasteiger partial charge on any atom is -0.494 e. The van der Waals surface area contributed by atoms with Crippen molar-refractivity contribution in [3.8, 4) is 16.9 Å². The number of rotatable bonds is 9. The van der Waals surface area contributed by atoms with Crippen molar-refractivity contribution < 1.29 is 18.8 Å². The molecule has 0 N–H and O–H groups in total. The number of anilines is 1. The molecule has 0 spiro atoms. The number of benzene rings is 2. The fourth-order valence-electron chi connectivity index (χ4n) is 7.73. The van der Waals surface area contributed by atoms with Gasteiger partial charge in [-0.1, -0.05) is 50.2 Å². The van der Waals surface area contributed by atoms with Gasteiger partial charge in [-0.2, -0.15) is 4.98 Å². The number of ether oxygens (including phenoxy) is 2. The Morgan fingerprint density at radius 3 is 2.23 bits per heavy atom. The largest absolute Gasteiger partial charge is 0.494 e. The second-order valence-corrected chi connectivity index (χ2v) is 14.6. The summed E-state index contributed by atoms with van der Waals surface area (Å²) in [6.45, 7) is 9.79. The molecule has 1 heterocycles. The number of carbonyl (C=O) groups is 1. The van der Waals surface area contributed by atoms with Crippen LogP contribution in [0.2, 0.25) is 0 Å². The molecule has 44 heavy (non-hydrogen) atoms. The number of hydrogen-bond donors (Lipinski definition) is 0. The lowest BCUT2D eigenvalue weighted by Crippen LogP contribution is -2.52. The summed E-state index contributed by atoms with van der Waals surface area (Å²) in [6.07, 6.45) is 10.2. The van der Waals surface area contributed by atoms with E-state index in [-0.39, 0.29) is 34.2 Å². The van der Waals surface area contributed by atoms with Crippen LogP contribution in [0.3, 0.4) is 0 Å². The van der Waals surface area contributed by atoms with Crippen LogP contribution in [-0.2, 0) is 20.4 Å². The lowest BCUT2D eigenvalue weighted by molar-refractivity contribution is -0.125. The van der Waals surface area contributed by atoms with Crippen LogP contribution in [0.5, 0.6) is 5.75 Å². The summed E-state index contributed by atoms with van der Waals surface area (Å²) in [5, 5.41) is 4.36. The zero-order valence-electron chi connectivity index (χ0n) is 27.2. The number of fused-ring (bicyclic) bond motifs is 3. The molecule has 4 saturated carbocycles. The molecule has 0 unspecified atom stereocenters. The van der Waals surface area contributed by atoms with Crippen molar-refractivity contribution in [2.24, 2.45) is 11.3 Å². The molecular formula is C37H49N3O4. The molecule has 0 atom stereocenters. The quantitative estimate of drug-likeness (QED) is 0.246. The second kappa shape index (κ2) is 12.3. The van der Waals surface area contributed by atoms with E-state index in [9.17, 15) is 4.79 Å². The van der Waals surface area contributed by atoms with E-state index in [0.717, 1.165) is 105 Å². The predicted molar refractivity (Wildman–Crippen MR) is 173 cm³/mol. The Bertz CT molecular complexity index is 1410. The zero-order valence-corrected chi connectivity index (χ0v) is 27.2. The van der Waals surface area contributed by atoms with Gasteiger partial charge in [-0.25, -0.2) is 0 Å². The van der Waals surface area contributed by atoms with Crippen molar-refractivity contribution >= 4 is 11.6 Å². The Morgan fingerprint density at radius 2 is 1.64 bits per heavy atom. The molecule has 7 rings (SSSR count). The highest BCUT2D eigenvalue weighted by atomic mass is 16.5. The SMILES string of the molecule is CCOc1ccc(-c2cccc(N(CC34CCC(c5nc(C(C)(C)C)no5)(CC3)CC4)C(=O)C3CCC(OC)CC3)c2)cc1. The third-order valence-electron chi connectivity index (χ3n) is 10.7. The summed E-state index contributed by atoms with van der Waals surface area (Å²) in [4.78, 5) is 21.5. The average Bonchev–Trinajstić information content (AvgIpc) is 3.58. The Balaban J connectivity index is 1.25. The van der Waals surface area contributed by atoms with E-state index in [1.165, 1.54) is 0 Å². The van der Waals surface area contributed by atoms with Gasteiger partial charge < -0.3 is 18.9 Å². The van der Waals surface area contributed by atoms with E-state index in [1.807, 2.05) is 19.1 Å². The normalized spacial score (nSPS) is 26.8. The van der Waals surface area contributed by atoms with Crippen LogP contribution in [0.15, 0.2) is 53.1 Å². The van der Waals surface area contributed by atoms with E-state index in [4.69, 9.17) is 19.0 Å². The summed E-state index contributed by atoms with van der Waals surface area (Å²) < 4.78 is 17.2. The van der Waals surface area contributed by atoms with Gasteiger partial charge >= 0.3 is 0 Å². The first-order chi connectivity index (χ1) is 21.1. The molecule has 1 amide bonds. The van der Waals surface area contributed by atoms with E-state index in [0.29, 0.717) is 6.61 Å². The first-order valence-electron chi connectivity index (χ1n) is 16.7. The summed E-state index contributed by atoms with van der Waals surface area (Å²) >= 11 is 0. The van der Waals surface area contributed by atoms with Crippen molar-refractivity contribution in [1.82, 2.24) is 10.1 Å². The molecule has 2 aromatic carbocycles. The molecule has 0 radical (unpaired) electrons. The number of methoxy groups -OCH3 is 1. The monoisotopic (exact) mass is 599 g/mol. The third-order valence-corrected chi connectivity index (χ3v) is 10.7. The Morgan fingerprint density at radius 1 is 0.955 bits per heavy atom. The number of hydrogen-bond acceptors (Lipinski definition) is 6. The Hall–Kier alpha value is -3.19. The van der Waals surface area contributed by atoms with Gasteiger partial charge in [0.05, 0.1) is 12.7 Å². The lowest BCUT2D eigenvalue weighted by Gasteiger charge is -2.53. The summed E-state index contributed by atoms with van der Waals surface area (Å²) in [5.41, 5.74) is 3.17. The van der Waals surface area contributed by atoms with E-state index in [1.54, 1.807) is 7.11 Å². The highest BCUT2D eigenvalue weighted by molar-refractivity contribution is 5.96. The molecule has 3 aromatic rings. The molecule has 2 bridgehead atoms. The van der Waals surface area contributed by atoms with Gasteiger partial charge in [-0.05, 0) is 112 Å². The highest BCUT2D eigenvalue weighted by Crippen LogP contribution is 2.58. The average molecular weight is 600 g/mol. The van der Waals surface area contributed by atoms with Crippen LogP contribution >= 0.6 is 0 Å². The zero-order chi connectivity index (χ0) is 31.0. The summed E-state index contributed by atoms with van der Waals surface area (Å²) in [7, 11) is 1.79. The molecular weight excluding hydrogens is 550 g/mol. The predicted octanol–water partition coefficient (Wildman–Crippen LogP) is 8.26.